The van der Waals surface area contributed by atoms with Crippen molar-refractivity contribution in [2.75, 3.05) is 12.4 Å². The summed E-state index contributed by atoms with van der Waals surface area (Å²) in [5.41, 5.74) is 2.94. The molecule has 4 rings (SSSR count). The second kappa shape index (κ2) is 7.72. The standard InChI is InChI=1S/C22H22N2O3S/c1-13-19(22(26)24-14-7-3-4-10-17(14)27-2)21(18-11-6-12-28-18)20-15(23-13)8-5-9-16(20)25/h3-4,6-7,10-12,19,21H,5,8-9H2,1-2H3,(H,24,26)/t19?,21-/m1/s1. The summed E-state index contributed by atoms with van der Waals surface area (Å²) in [5.74, 6) is -0.262. The van der Waals surface area contributed by atoms with Crippen LogP contribution in [0.25, 0.3) is 0 Å². The third kappa shape index (κ3) is 3.29. The lowest BCUT2D eigenvalue weighted by atomic mass is 9.74. The molecular formula is C22H22N2O3S. The van der Waals surface area contributed by atoms with Crippen molar-refractivity contribution in [2.24, 2.45) is 10.9 Å². The zero-order valence-electron chi connectivity index (χ0n) is 15.9. The second-order valence-corrected chi connectivity index (χ2v) is 8.03. The molecule has 1 unspecified atom stereocenters. The van der Waals surface area contributed by atoms with Crippen LogP contribution >= 0.6 is 11.3 Å². The van der Waals surface area contributed by atoms with Gasteiger partial charge in [-0.1, -0.05) is 18.2 Å². The maximum Gasteiger partial charge on any atom is 0.234 e. The van der Waals surface area contributed by atoms with Crippen LogP contribution in [0.4, 0.5) is 5.69 Å². The third-order valence-electron chi connectivity index (χ3n) is 5.33. The maximum absolute atomic E-state index is 13.4. The molecule has 0 radical (unpaired) electrons. The van der Waals surface area contributed by atoms with Crippen molar-refractivity contribution in [2.45, 2.75) is 32.1 Å². The summed E-state index contributed by atoms with van der Waals surface area (Å²) in [6.07, 6.45) is 2.14. The van der Waals surface area contributed by atoms with Gasteiger partial charge in [0.25, 0.3) is 0 Å². The van der Waals surface area contributed by atoms with Crippen LogP contribution in [0.1, 0.15) is 37.0 Å². The minimum Gasteiger partial charge on any atom is -0.495 e. The number of thiophene rings is 1. The topological polar surface area (TPSA) is 67.8 Å². The lowest BCUT2D eigenvalue weighted by Gasteiger charge is -2.34. The van der Waals surface area contributed by atoms with Crippen molar-refractivity contribution in [1.29, 1.82) is 0 Å². The van der Waals surface area contributed by atoms with E-state index in [0.29, 0.717) is 17.9 Å². The number of hydrogen-bond donors (Lipinski definition) is 1. The van der Waals surface area contributed by atoms with Crippen molar-refractivity contribution in [3.63, 3.8) is 0 Å². The highest BCUT2D eigenvalue weighted by molar-refractivity contribution is 7.10. The number of ether oxygens (including phenoxy) is 1. The Hall–Kier alpha value is -2.73. The quantitative estimate of drug-likeness (QED) is 0.825. The van der Waals surface area contributed by atoms with Gasteiger partial charge in [-0.3, -0.25) is 14.6 Å². The van der Waals surface area contributed by atoms with E-state index in [9.17, 15) is 9.59 Å². The van der Waals surface area contributed by atoms with Crippen molar-refractivity contribution in [3.8, 4) is 5.75 Å². The molecule has 6 heteroatoms. The normalized spacial score (nSPS) is 21.8. The molecule has 0 saturated carbocycles. The average Bonchev–Trinajstić information content (AvgIpc) is 3.22. The number of methoxy groups -OCH3 is 1. The Morgan fingerprint density at radius 1 is 1.21 bits per heavy atom. The zero-order valence-corrected chi connectivity index (χ0v) is 16.7. The van der Waals surface area contributed by atoms with Crippen LogP contribution in [0.3, 0.4) is 0 Å². The van der Waals surface area contributed by atoms with Crippen LogP contribution in [-0.2, 0) is 9.59 Å². The Balaban J connectivity index is 1.74. The van der Waals surface area contributed by atoms with E-state index in [2.05, 4.69) is 10.3 Å². The number of benzene rings is 1. The van der Waals surface area contributed by atoms with Crippen LogP contribution in [-0.4, -0.2) is 24.5 Å². The molecule has 28 heavy (non-hydrogen) atoms. The Bertz CT molecular complexity index is 975. The lowest BCUT2D eigenvalue weighted by Crippen LogP contribution is -2.38. The molecular weight excluding hydrogens is 372 g/mol. The fourth-order valence-electron chi connectivity index (χ4n) is 4.08. The molecule has 1 amide bonds. The number of allylic oxidation sites excluding steroid dienone is 2. The van der Waals surface area contributed by atoms with Gasteiger partial charge >= 0.3 is 0 Å². The fourth-order valence-corrected chi connectivity index (χ4v) is 4.95. The summed E-state index contributed by atoms with van der Waals surface area (Å²) in [5, 5.41) is 4.98. The number of ketones is 1. The van der Waals surface area contributed by atoms with Gasteiger partial charge in [-0.25, -0.2) is 0 Å². The molecule has 144 valence electrons. The molecule has 1 aliphatic carbocycles. The van der Waals surface area contributed by atoms with Gasteiger partial charge in [0, 0.05) is 34.2 Å². The maximum atomic E-state index is 13.4. The molecule has 2 heterocycles. The molecule has 1 aromatic heterocycles. The largest absolute Gasteiger partial charge is 0.495 e. The Morgan fingerprint density at radius 2 is 2.04 bits per heavy atom. The highest BCUT2D eigenvalue weighted by atomic mass is 32.1. The van der Waals surface area contributed by atoms with E-state index in [1.807, 2.05) is 42.6 Å². The minimum absolute atomic E-state index is 0.117. The molecule has 0 fully saturated rings. The first-order valence-corrected chi connectivity index (χ1v) is 10.3. The smallest absolute Gasteiger partial charge is 0.234 e. The number of anilines is 1. The van der Waals surface area contributed by atoms with Gasteiger partial charge in [-0.15, -0.1) is 11.3 Å². The van der Waals surface area contributed by atoms with E-state index in [-0.39, 0.29) is 17.6 Å². The molecule has 1 aliphatic heterocycles. The van der Waals surface area contributed by atoms with Gasteiger partial charge in [-0.2, -0.15) is 0 Å². The molecule has 1 aromatic carbocycles. The molecule has 1 N–H and O–H groups in total. The molecule has 0 spiro atoms. The monoisotopic (exact) mass is 394 g/mol. The summed E-state index contributed by atoms with van der Waals surface area (Å²) in [4.78, 5) is 31.9. The molecule has 0 bridgehead atoms. The first-order valence-electron chi connectivity index (χ1n) is 9.39. The predicted molar refractivity (Wildman–Crippen MR) is 111 cm³/mol. The van der Waals surface area contributed by atoms with Crippen LogP contribution < -0.4 is 10.1 Å². The number of amides is 1. The number of hydrogen-bond acceptors (Lipinski definition) is 5. The molecule has 2 aliphatic rings. The van der Waals surface area contributed by atoms with E-state index in [1.165, 1.54) is 0 Å². The summed E-state index contributed by atoms with van der Waals surface area (Å²) in [6, 6.07) is 11.3. The van der Waals surface area contributed by atoms with Gasteiger partial charge in [-0.05, 0) is 43.3 Å². The van der Waals surface area contributed by atoms with E-state index in [0.717, 1.165) is 34.7 Å². The number of nitrogens with zero attached hydrogens (tertiary/aromatic N) is 1. The lowest BCUT2D eigenvalue weighted by molar-refractivity contribution is -0.119. The van der Waals surface area contributed by atoms with E-state index >= 15 is 0 Å². The minimum atomic E-state index is -0.524. The van der Waals surface area contributed by atoms with Gasteiger partial charge in [0.1, 0.15) is 5.75 Å². The van der Waals surface area contributed by atoms with Gasteiger partial charge in [0.15, 0.2) is 5.78 Å². The van der Waals surface area contributed by atoms with Gasteiger partial charge < -0.3 is 10.1 Å². The van der Waals surface area contributed by atoms with Crippen LogP contribution in [0.5, 0.6) is 5.75 Å². The van der Waals surface area contributed by atoms with Crippen molar-refractivity contribution in [1.82, 2.24) is 0 Å². The van der Waals surface area contributed by atoms with Crippen molar-refractivity contribution >= 4 is 34.4 Å². The molecule has 0 saturated heterocycles. The number of para-hydroxylation sites is 2. The summed E-state index contributed by atoms with van der Waals surface area (Å²) in [6.45, 7) is 1.88. The highest BCUT2D eigenvalue weighted by Crippen LogP contribution is 2.45. The summed E-state index contributed by atoms with van der Waals surface area (Å²) in [7, 11) is 1.57. The molecule has 2 atom stereocenters. The van der Waals surface area contributed by atoms with Crippen molar-refractivity contribution in [3.05, 3.63) is 57.9 Å². The second-order valence-electron chi connectivity index (χ2n) is 7.05. The van der Waals surface area contributed by atoms with Gasteiger partial charge in [0.2, 0.25) is 5.91 Å². The first-order chi connectivity index (χ1) is 13.6. The zero-order chi connectivity index (χ0) is 19.7. The highest BCUT2D eigenvalue weighted by Gasteiger charge is 2.42. The SMILES string of the molecule is COc1ccccc1NC(=O)C1C(C)=NC2=C(C(=O)CCC2)[C@@H]1c1cccs1. The van der Waals surface area contributed by atoms with Crippen LogP contribution in [0, 0.1) is 5.92 Å². The number of carbonyl (C=O) groups is 2. The number of carbonyl (C=O) groups excluding carboxylic acids is 2. The summed E-state index contributed by atoms with van der Waals surface area (Å²) >= 11 is 1.58. The van der Waals surface area contributed by atoms with E-state index in [4.69, 9.17) is 4.74 Å². The Kier molecular flexibility index (Phi) is 5.13. The molecule has 2 aromatic rings. The fraction of sp³-hybridized carbons (Fsp3) is 0.318. The Morgan fingerprint density at radius 3 is 2.79 bits per heavy atom. The summed E-state index contributed by atoms with van der Waals surface area (Å²) < 4.78 is 5.36. The van der Waals surface area contributed by atoms with Crippen LogP contribution in [0.2, 0.25) is 0 Å². The average molecular weight is 394 g/mol. The number of rotatable bonds is 4. The third-order valence-corrected chi connectivity index (χ3v) is 6.29. The number of nitrogens with one attached hydrogen (secondary N) is 1. The molecule has 5 nitrogen and oxygen atoms in total. The van der Waals surface area contributed by atoms with Gasteiger partial charge in [0.05, 0.1) is 18.7 Å². The van der Waals surface area contributed by atoms with E-state index in [1.54, 1.807) is 24.5 Å². The van der Waals surface area contributed by atoms with Crippen molar-refractivity contribution < 1.29 is 14.3 Å². The van der Waals surface area contributed by atoms with E-state index < -0.39 is 5.92 Å². The Labute approximate surface area is 168 Å². The number of Topliss-reactive ketones (excluding diaryl/α,β-unsaturated/α-hetero) is 1. The first kappa shape index (κ1) is 18.6. The predicted octanol–water partition coefficient (Wildman–Crippen LogP) is 4.58. The number of aliphatic imine (C=N–C) groups is 1. The van der Waals surface area contributed by atoms with Crippen LogP contribution in [0.15, 0.2) is 58.0 Å².